The number of carbonyl (C=O) groups excluding carboxylic acids is 1. The molecule has 1 rings (SSSR count). The zero-order valence-electron chi connectivity index (χ0n) is 11.6. The van der Waals surface area contributed by atoms with Gasteiger partial charge >= 0.3 is 0 Å². The van der Waals surface area contributed by atoms with Crippen LogP contribution in [0.3, 0.4) is 0 Å². The van der Waals surface area contributed by atoms with Crippen molar-refractivity contribution in [2.45, 2.75) is 13.3 Å². The fourth-order valence-corrected chi connectivity index (χ4v) is 1.71. The maximum atomic E-state index is 11.7. The zero-order valence-corrected chi connectivity index (χ0v) is 11.6. The second-order valence-electron chi connectivity index (χ2n) is 4.17. The lowest BCUT2D eigenvalue weighted by Crippen LogP contribution is -2.24. The number of nitro benzene ring substituents is 1. The van der Waals surface area contributed by atoms with Crippen molar-refractivity contribution in [3.63, 3.8) is 0 Å². The Kier molecular flexibility index (Phi) is 5.83. The number of benzene rings is 1. The highest BCUT2D eigenvalue weighted by Gasteiger charge is 2.14. The maximum absolute atomic E-state index is 11.7. The van der Waals surface area contributed by atoms with Gasteiger partial charge in [-0.3, -0.25) is 14.9 Å². The number of amides is 1. The van der Waals surface area contributed by atoms with E-state index in [0.29, 0.717) is 17.5 Å². The molecular formula is C15H15N3O3. The van der Waals surface area contributed by atoms with Crippen LogP contribution in [-0.2, 0) is 11.2 Å². The standard InChI is InChI=1S/C15H15N3O3/c1-3-7-17-15(19)13(10-16)8-11-5-6-12(4-2)14(9-11)18(20)21/h3,5-6,8-9H,1,4,7H2,2H3,(H,17,19)/b13-8+. The average Bonchev–Trinajstić information content (AvgIpc) is 2.49. The van der Waals surface area contributed by atoms with Crippen molar-refractivity contribution in [1.29, 1.82) is 5.26 Å². The van der Waals surface area contributed by atoms with Gasteiger partial charge in [0.2, 0.25) is 0 Å². The summed E-state index contributed by atoms with van der Waals surface area (Å²) < 4.78 is 0. The van der Waals surface area contributed by atoms with E-state index in [1.54, 1.807) is 18.2 Å². The highest BCUT2D eigenvalue weighted by atomic mass is 16.6. The first kappa shape index (κ1) is 16.1. The number of nitriles is 1. The summed E-state index contributed by atoms with van der Waals surface area (Å²) in [5.41, 5.74) is 0.904. The molecule has 6 heteroatoms. The van der Waals surface area contributed by atoms with Crippen LogP contribution in [0.5, 0.6) is 0 Å². The SMILES string of the molecule is C=CCNC(=O)/C(C#N)=C/c1ccc(CC)c([N+](=O)[O-])c1. The van der Waals surface area contributed by atoms with E-state index in [4.69, 9.17) is 5.26 Å². The summed E-state index contributed by atoms with van der Waals surface area (Å²) in [6, 6.07) is 6.41. The van der Waals surface area contributed by atoms with Crippen molar-refractivity contribution >= 4 is 17.7 Å². The number of carbonyl (C=O) groups is 1. The van der Waals surface area contributed by atoms with E-state index in [0.717, 1.165) is 0 Å². The number of hydrogen-bond donors (Lipinski definition) is 1. The van der Waals surface area contributed by atoms with Gasteiger partial charge in [-0.25, -0.2) is 0 Å². The molecule has 1 N–H and O–H groups in total. The van der Waals surface area contributed by atoms with Crippen LogP contribution in [0.1, 0.15) is 18.1 Å². The van der Waals surface area contributed by atoms with Gasteiger partial charge in [0.25, 0.3) is 11.6 Å². The van der Waals surface area contributed by atoms with Crippen molar-refractivity contribution in [2.75, 3.05) is 6.54 Å². The van der Waals surface area contributed by atoms with Crippen molar-refractivity contribution in [1.82, 2.24) is 5.32 Å². The van der Waals surface area contributed by atoms with E-state index >= 15 is 0 Å². The fourth-order valence-electron chi connectivity index (χ4n) is 1.71. The van der Waals surface area contributed by atoms with Crippen molar-refractivity contribution in [3.05, 3.63) is 57.7 Å². The molecule has 0 aliphatic heterocycles. The number of nitrogens with zero attached hydrogens (tertiary/aromatic N) is 2. The molecule has 0 heterocycles. The third-order valence-corrected chi connectivity index (χ3v) is 2.77. The smallest absolute Gasteiger partial charge is 0.273 e. The molecule has 0 saturated heterocycles. The maximum Gasteiger partial charge on any atom is 0.273 e. The summed E-state index contributed by atoms with van der Waals surface area (Å²) in [5.74, 6) is -0.542. The molecule has 0 aliphatic carbocycles. The first-order chi connectivity index (χ1) is 10.0. The molecule has 0 saturated carbocycles. The molecule has 0 aliphatic rings. The van der Waals surface area contributed by atoms with Gasteiger partial charge in [0, 0.05) is 18.2 Å². The lowest BCUT2D eigenvalue weighted by Gasteiger charge is -2.03. The second-order valence-corrected chi connectivity index (χ2v) is 4.17. The zero-order chi connectivity index (χ0) is 15.8. The Morgan fingerprint density at radius 1 is 1.57 bits per heavy atom. The van der Waals surface area contributed by atoms with Crippen LogP contribution in [0.15, 0.2) is 36.4 Å². The normalized spacial score (nSPS) is 10.6. The van der Waals surface area contributed by atoms with Gasteiger partial charge in [-0.1, -0.05) is 25.1 Å². The van der Waals surface area contributed by atoms with Crippen LogP contribution in [0.2, 0.25) is 0 Å². The van der Waals surface area contributed by atoms with Crippen LogP contribution in [0.4, 0.5) is 5.69 Å². The Morgan fingerprint density at radius 2 is 2.29 bits per heavy atom. The Balaban J connectivity index is 3.15. The van der Waals surface area contributed by atoms with Crippen molar-refractivity contribution in [3.8, 4) is 6.07 Å². The van der Waals surface area contributed by atoms with Crippen LogP contribution in [0.25, 0.3) is 6.08 Å². The topological polar surface area (TPSA) is 96.0 Å². The summed E-state index contributed by atoms with van der Waals surface area (Å²) in [4.78, 5) is 22.2. The molecule has 108 valence electrons. The van der Waals surface area contributed by atoms with Crippen LogP contribution < -0.4 is 5.32 Å². The third kappa shape index (κ3) is 4.28. The van der Waals surface area contributed by atoms with Gasteiger partial charge in [0.05, 0.1) is 4.92 Å². The minimum absolute atomic E-state index is 0.0185. The van der Waals surface area contributed by atoms with Gasteiger partial charge in [0.1, 0.15) is 11.6 Å². The number of rotatable bonds is 6. The van der Waals surface area contributed by atoms with E-state index in [1.807, 2.05) is 6.92 Å². The average molecular weight is 285 g/mol. The van der Waals surface area contributed by atoms with Crippen LogP contribution >= 0.6 is 0 Å². The molecule has 0 unspecified atom stereocenters. The molecule has 6 nitrogen and oxygen atoms in total. The van der Waals surface area contributed by atoms with Crippen LogP contribution in [0, 0.1) is 21.4 Å². The van der Waals surface area contributed by atoms with Crippen LogP contribution in [-0.4, -0.2) is 17.4 Å². The molecule has 1 amide bonds. The van der Waals surface area contributed by atoms with E-state index < -0.39 is 10.8 Å². The van der Waals surface area contributed by atoms with Crippen molar-refractivity contribution < 1.29 is 9.72 Å². The number of nitro groups is 1. The second kappa shape index (κ2) is 7.60. The lowest BCUT2D eigenvalue weighted by atomic mass is 10.0. The largest absolute Gasteiger partial charge is 0.348 e. The molecule has 0 radical (unpaired) electrons. The summed E-state index contributed by atoms with van der Waals surface area (Å²) in [7, 11) is 0. The number of aryl methyl sites for hydroxylation is 1. The van der Waals surface area contributed by atoms with E-state index in [1.165, 1.54) is 18.2 Å². The molecule has 21 heavy (non-hydrogen) atoms. The summed E-state index contributed by atoms with van der Waals surface area (Å²) in [6.07, 6.45) is 3.35. The molecule has 0 atom stereocenters. The van der Waals surface area contributed by atoms with Gasteiger partial charge in [-0.2, -0.15) is 5.26 Å². The molecule has 0 spiro atoms. The molecular weight excluding hydrogens is 270 g/mol. The summed E-state index contributed by atoms with van der Waals surface area (Å²) in [5, 5.41) is 22.5. The highest BCUT2D eigenvalue weighted by Crippen LogP contribution is 2.22. The van der Waals surface area contributed by atoms with Gasteiger partial charge in [0.15, 0.2) is 0 Å². The minimum Gasteiger partial charge on any atom is -0.348 e. The third-order valence-electron chi connectivity index (χ3n) is 2.77. The Bertz CT molecular complexity index is 642. The van der Waals surface area contributed by atoms with Gasteiger partial charge in [-0.15, -0.1) is 6.58 Å². The molecule has 0 fully saturated rings. The first-order valence-electron chi connectivity index (χ1n) is 6.31. The Morgan fingerprint density at radius 3 is 2.81 bits per heavy atom. The molecule has 1 aromatic carbocycles. The monoisotopic (exact) mass is 285 g/mol. The number of hydrogen-bond acceptors (Lipinski definition) is 4. The first-order valence-corrected chi connectivity index (χ1v) is 6.31. The minimum atomic E-state index is -0.542. The predicted octanol–water partition coefficient (Wildman–Crippen LogP) is 2.37. The molecule has 0 aromatic heterocycles. The Hall–Kier alpha value is -2.94. The quantitative estimate of drug-likeness (QED) is 0.285. The van der Waals surface area contributed by atoms with E-state index in [2.05, 4.69) is 11.9 Å². The van der Waals surface area contributed by atoms with E-state index in [-0.39, 0.29) is 17.8 Å². The van der Waals surface area contributed by atoms with Crippen molar-refractivity contribution in [2.24, 2.45) is 0 Å². The molecule has 0 bridgehead atoms. The fraction of sp³-hybridized carbons (Fsp3) is 0.200. The summed E-state index contributed by atoms with van der Waals surface area (Å²) in [6.45, 7) is 5.52. The summed E-state index contributed by atoms with van der Waals surface area (Å²) >= 11 is 0. The predicted molar refractivity (Wildman–Crippen MR) is 79.3 cm³/mol. The molecule has 1 aromatic rings. The van der Waals surface area contributed by atoms with Gasteiger partial charge < -0.3 is 5.32 Å². The lowest BCUT2D eigenvalue weighted by molar-refractivity contribution is -0.385. The van der Waals surface area contributed by atoms with Gasteiger partial charge in [-0.05, 0) is 18.1 Å². The highest BCUT2D eigenvalue weighted by molar-refractivity contribution is 6.01. The number of nitrogens with one attached hydrogen (secondary N) is 1. The Labute approximate surface area is 122 Å². The van der Waals surface area contributed by atoms with E-state index in [9.17, 15) is 14.9 Å².